The number of nitrogens with one attached hydrogen (secondary N) is 1. The molecule has 0 atom stereocenters. The van der Waals surface area contributed by atoms with Gasteiger partial charge in [-0.15, -0.1) is 0 Å². The van der Waals surface area contributed by atoms with Gasteiger partial charge in [-0.3, -0.25) is 4.79 Å². The van der Waals surface area contributed by atoms with Gasteiger partial charge < -0.3 is 19.5 Å². The van der Waals surface area contributed by atoms with Crippen molar-refractivity contribution in [3.63, 3.8) is 0 Å². The van der Waals surface area contributed by atoms with Crippen molar-refractivity contribution in [3.05, 3.63) is 46.6 Å². The Bertz CT molecular complexity index is 876. The molecule has 0 aliphatic heterocycles. The molecule has 1 aromatic heterocycles. The zero-order chi connectivity index (χ0) is 22.3. The number of methoxy groups -OCH3 is 1. The van der Waals surface area contributed by atoms with Gasteiger partial charge in [0.25, 0.3) is 5.91 Å². The Morgan fingerprint density at radius 2 is 2.00 bits per heavy atom. The summed E-state index contributed by atoms with van der Waals surface area (Å²) < 4.78 is 52.8. The molecule has 30 heavy (non-hydrogen) atoms. The van der Waals surface area contributed by atoms with Crippen LogP contribution in [-0.2, 0) is 6.54 Å². The highest BCUT2D eigenvalue weighted by Gasteiger charge is 2.29. The number of pyridine rings is 1. The molecule has 0 radical (unpaired) electrons. The van der Waals surface area contributed by atoms with Gasteiger partial charge in [-0.25, -0.2) is 4.98 Å². The number of carbonyl (C=O) groups is 1. The molecule has 1 amide bonds. The summed E-state index contributed by atoms with van der Waals surface area (Å²) in [6, 6.07) is 5.94. The lowest BCUT2D eigenvalue weighted by atomic mass is 10.1. The minimum Gasteiger partial charge on any atom is -0.493 e. The minimum atomic E-state index is -4.50. The summed E-state index contributed by atoms with van der Waals surface area (Å²) in [4.78, 5) is 16.3. The van der Waals surface area contributed by atoms with E-state index in [0.717, 1.165) is 0 Å². The van der Waals surface area contributed by atoms with Crippen LogP contribution in [0.25, 0.3) is 0 Å². The Morgan fingerprint density at radius 3 is 2.63 bits per heavy atom. The number of halogens is 4. The average molecular weight is 447 g/mol. The molecular formula is C20H22ClF3N2O4. The molecule has 1 aromatic carbocycles. The molecule has 0 saturated carbocycles. The van der Waals surface area contributed by atoms with Gasteiger partial charge in [0.15, 0.2) is 18.1 Å². The molecular weight excluding hydrogens is 425 g/mol. The van der Waals surface area contributed by atoms with Crippen LogP contribution < -0.4 is 19.5 Å². The number of hydrogen-bond donors (Lipinski definition) is 1. The van der Waals surface area contributed by atoms with E-state index < -0.39 is 18.7 Å². The van der Waals surface area contributed by atoms with Crippen molar-refractivity contribution in [3.8, 4) is 17.4 Å². The molecule has 164 valence electrons. The third-order valence-electron chi connectivity index (χ3n) is 3.71. The van der Waals surface area contributed by atoms with E-state index in [4.69, 9.17) is 25.8 Å². The topological polar surface area (TPSA) is 69.7 Å². The predicted molar refractivity (Wildman–Crippen MR) is 105 cm³/mol. The summed E-state index contributed by atoms with van der Waals surface area (Å²) in [5, 5.41) is 2.81. The highest BCUT2D eigenvalue weighted by atomic mass is 35.5. The maximum atomic E-state index is 12.5. The van der Waals surface area contributed by atoms with Crippen LogP contribution in [0.4, 0.5) is 13.2 Å². The van der Waals surface area contributed by atoms with Gasteiger partial charge in [-0.05, 0) is 24.1 Å². The second-order valence-electron chi connectivity index (χ2n) is 6.75. The highest BCUT2D eigenvalue weighted by Crippen LogP contribution is 2.36. The summed E-state index contributed by atoms with van der Waals surface area (Å²) >= 11 is 6.25. The number of carbonyl (C=O) groups excluding carboxylic acids is 1. The molecule has 0 aliphatic rings. The summed E-state index contributed by atoms with van der Waals surface area (Å²) in [5.41, 5.74) is 0.500. The fourth-order valence-corrected chi connectivity index (χ4v) is 2.62. The molecule has 0 saturated heterocycles. The SMILES string of the molecule is COc1cc(C(=O)NCc2cccnc2OCC(F)(F)F)cc(Cl)c1OCC(C)C. The first-order valence-corrected chi connectivity index (χ1v) is 9.40. The van der Waals surface area contributed by atoms with Gasteiger partial charge >= 0.3 is 6.18 Å². The van der Waals surface area contributed by atoms with E-state index >= 15 is 0 Å². The van der Waals surface area contributed by atoms with E-state index in [2.05, 4.69) is 10.3 Å². The first-order chi connectivity index (χ1) is 14.1. The summed E-state index contributed by atoms with van der Waals surface area (Å²) in [6.07, 6.45) is -3.19. The lowest BCUT2D eigenvalue weighted by Gasteiger charge is -2.16. The largest absolute Gasteiger partial charge is 0.493 e. The Morgan fingerprint density at radius 1 is 1.27 bits per heavy atom. The van der Waals surface area contributed by atoms with Crippen LogP contribution in [0.15, 0.2) is 30.5 Å². The summed E-state index contributed by atoms with van der Waals surface area (Å²) in [7, 11) is 1.43. The molecule has 0 fully saturated rings. The van der Waals surface area contributed by atoms with Crippen molar-refractivity contribution in [1.29, 1.82) is 0 Å². The highest BCUT2D eigenvalue weighted by molar-refractivity contribution is 6.32. The zero-order valence-corrected chi connectivity index (χ0v) is 17.4. The van der Waals surface area contributed by atoms with E-state index in [1.54, 1.807) is 0 Å². The van der Waals surface area contributed by atoms with E-state index in [-0.39, 0.29) is 28.9 Å². The van der Waals surface area contributed by atoms with Crippen molar-refractivity contribution < 1.29 is 32.2 Å². The van der Waals surface area contributed by atoms with Gasteiger partial charge in [0.1, 0.15) is 0 Å². The second kappa shape index (κ2) is 10.4. The number of hydrogen-bond acceptors (Lipinski definition) is 5. The number of benzene rings is 1. The van der Waals surface area contributed by atoms with Gasteiger partial charge in [0.2, 0.25) is 5.88 Å². The number of rotatable bonds is 9. The van der Waals surface area contributed by atoms with Crippen LogP contribution in [0.3, 0.4) is 0 Å². The molecule has 0 aliphatic carbocycles. The molecule has 1 heterocycles. The quantitative estimate of drug-likeness (QED) is 0.607. The first-order valence-electron chi connectivity index (χ1n) is 9.02. The molecule has 0 bridgehead atoms. The normalized spacial score (nSPS) is 11.3. The average Bonchev–Trinajstić information content (AvgIpc) is 2.68. The van der Waals surface area contributed by atoms with Crippen LogP contribution in [0, 0.1) is 5.92 Å². The second-order valence-corrected chi connectivity index (χ2v) is 7.16. The van der Waals surface area contributed by atoms with Gasteiger partial charge in [0.05, 0.1) is 18.7 Å². The van der Waals surface area contributed by atoms with Crippen LogP contribution in [0.1, 0.15) is 29.8 Å². The van der Waals surface area contributed by atoms with Gasteiger partial charge in [-0.1, -0.05) is 31.5 Å². The Labute approximate surface area is 177 Å². The van der Waals surface area contributed by atoms with Crippen LogP contribution in [-0.4, -0.2) is 37.4 Å². The van der Waals surface area contributed by atoms with E-state index in [1.165, 1.54) is 37.6 Å². The van der Waals surface area contributed by atoms with Crippen molar-refractivity contribution >= 4 is 17.5 Å². The third kappa shape index (κ3) is 6.98. The predicted octanol–water partition coefficient (Wildman–Crippen LogP) is 4.65. The molecule has 0 unspecified atom stereocenters. The fourth-order valence-electron chi connectivity index (χ4n) is 2.36. The van der Waals surface area contributed by atoms with E-state index in [1.807, 2.05) is 13.8 Å². The van der Waals surface area contributed by atoms with E-state index in [9.17, 15) is 18.0 Å². The Hall–Kier alpha value is -2.68. The van der Waals surface area contributed by atoms with Crippen LogP contribution in [0.5, 0.6) is 17.4 Å². The molecule has 10 heteroatoms. The number of aromatic nitrogens is 1. The van der Waals surface area contributed by atoms with Crippen LogP contribution >= 0.6 is 11.6 Å². The van der Waals surface area contributed by atoms with Crippen molar-refractivity contribution in [2.24, 2.45) is 5.92 Å². The third-order valence-corrected chi connectivity index (χ3v) is 4.00. The summed E-state index contributed by atoms with van der Waals surface area (Å²) in [5.74, 6) is 0.185. The molecule has 0 spiro atoms. The van der Waals surface area contributed by atoms with Crippen molar-refractivity contribution in [1.82, 2.24) is 10.3 Å². The Kier molecular flexibility index (Phi) is 8.16. The number of ether oxygens (including phenoxy) is 3. The smallest absolute Gasteiger partial charge is 0.422 e. The number of alkyl halides is 3. The van der Waals surface area contributed by atoms with Crippen molar-refractivity contribution in [2.45, 2.75) is 26.6 Å². The zero-order valence-electron chi connectivity index (χ0n) is 16.7. The van der Waals surface area contributed by atoms with Gasteiger partial charge in [-0.2, -0.15) is 13.2 Å². The monoisotopic (exact) mass is 446 g/mol. The molecule has 2 aromatic rings. The molecule has 2 rings (SSSR count). The first kappa shape index (κ1) is 23.6. The van der Waals surface area contributed by atoms with E-state index in [0.29, 0.717) is 23.7 Å². The maximum absolute atomic E-state index is 12.5. The lowest BCUT2D eigenvalue weighted by Crippen LogP contribution is -2.24. The minimum absolute atomic E-state index is 0.0919. The number of nitrogens with zero attached hydrogens (tertiary/aromatic N) is 1. The van der Waals surface area contributed by atoms with Crippen LogP contribution in [0.2, 0.25) is 5.02 Å². The summed E-state index contributed by atoms with van der Waals surface area (Å²) in [6.45, 7) is 2.81. The van der Waals surface area contributed by atoms with Crippen molar-refractivity contribution in [2.75, 3.05) is 20.3 Å². The maximum Gasteiger partial charge on any atom is 0.422 e. The van der Waals surface area contributed by atoms with Gasteiger partial charge in [0, 0.05) is 23.9 Å². The molecule has 1 N–H and O–H groups in total. The standard InChI is InChI=1S/C20H22ClF3N2O4/c1-12(2)10-29-17-15(21)7-14(8-16(17)28-3)18(27)26-9-13-5-4-6-25-19(13)30-11-20(22,23)24/h4-8,12H,9-11H2,1-3H3,(H,26,27). The lowest BCUT2D eigenvalue weighted by molar-refractivity contribution is -0.154. The fraction of sp³-hybridized carbons (Fsp3) is 0.400. The Balaban J connectivity index is 2.11. The number of amides is 1. The molecule has 6 nitrogen and oxygen atoms in total.